The molecule has 0 aromatic rings. The fourth-order valence-electron chi connectivity index (χ4n) is 3.14. The van der Waals surface area contributed by atoms with Gasteiger partial charge in [0.25, 0.3) is 0 Å². The van der Waals surface area contributed by atoms with Crippen molar-refractivity contribution in [3.63, 3.8) is 0 Å². The molecule has 2 aliphatic rings. The average molecular weight is 253 g/mol. The molecule has 1 aliphatic carbocycles. The Morgan fingerprint density at radius 2 is 2.11 bits per heavy atom. The molecule has 1 saturated carbocycles. The van der Waals surface area contributed by atoms with Crippen LogP contribution in [0.2, 0.25) is 0 Å². The van der Waals surface area contributed by atoms with Crippen LogP contribution in [-0.4, -0.2) is 49.1 Å². The summed E-state index contributed by atoms with van der Waals surface area (Å²) in [7, 11) is 0. The molecule has 1 heterocycles. The van der Waals surface area contributed by atoms with Crippen LogP contribution in [0.3, 0.4) is 0 Å². The molecule has 18 heavy (non-hydrogen) atoms. The summed E-state index contributed by atoms with van der Waals surface area (Å²) in [4.78, 5) is 14.3. The number of amides is 1. The Hall–Kier alpha value is -0.610. The van der Waals surface area contributed by atoms with E-state index in [0.717, 1.165) is 26.1 Å². The lowest BCUT2D eigenvalue weighted by atomic mass is 9.86. The smallest absolute Gasteiger partial charge is 0.234 e. The van der Waals surface area contributed by atoms with E-state index in [4.69, 9.17) is 0 Å². The molecule has 4 nitrogen and oxygen atoms in total. The van der Waals surface area contributed by atoms with Crippen molar-refractivity contribution in [2.75, 3.05) is 26.2 Å². The van der Waals surface area contributed by atoms with Crippen LogP contribution in [-0.2, 0) is 4.79 Å². The molecule has 0 spiro atoms. The average Bonchev–Trinajstić information content (AvgIpc) is 2.32. The Morgan fingerprint density at radius 1 is 1.33 bits per heavy atom. The summed E-state index contributed by atoms with van der Waals surface area (Å²) in [6.07, 6.45) is 5.00. The van der Waals surface area contributed by atoms with Crippen LogP contribution in [0, 0.1) is 5.92 Å². The Labute approximate surface area is 110 Å². The highest BCUT2D eigenvalue weighted by Crippen LogP contribution is 2.23. The monoisotopic (exact) mass is 253 g/mol. The Kier molecular flexibility index (Phi) is 5.01. The maximum atomic E-state index is 12.1. The van der Waals surface area contributed by atoms with Crippen molar-refractivity contribution in [2.24, 2.45) is 5.92 Å². The Morgan fingerprint density at radius 3 is 2.83 bits per heavy atom. The number of rotatable bonds is 3. The van der Waals surface area contributed by atoms with Gasteiger partial charge in [0, 0.05) is 31.7 Å². The van der Waals surface area contributed by atoms with Crippen LogP contribution < -0.4 is 10.6 Å². The maximum absolute atomic E-state index is 12.1. The zero-order valence-corrected chi connectivity index (χ0v) is 11.7. The molecule has 0 radical (unpaired) electrons. The van der Waals surface area contributed by atoms with Gasteiger partial charge >= 0.3 is 0 Å². The van der Waals surface area contributed by atoms with Gasteiger partial charge in [0.1, 0.15) is 0 Å². The molecule has 0 aromatic carbocycles. The molecule has 3 atom stereocenters. The SMILES string of the molecule is CC1CCCCC1NC(=O)CN1CCN[C@H](C)C1. The second-order valence-electron chi connectivity index (χ2n) is 6.03. The Balaban J connectivity index is 1.74. The van der Waals surface area contributed by atoms with Crippen molar-refractivity contribution >= 4 is 5.91 Å². The topological polar surface area (TPSA) is 44.4 Å². The fraction of sp³-hybridized carbons (Fsp3) is 0.929. The van der Waals surface area contributed by atoms with Crippen LogP contribution in [0.1, 0.15) is 39.5 Å². The van der Waals surface area contributed by atoms with E-state index in [1.54, 1.807) is 0 Å². The van der Waals surface area contributed by atoms with E-state index in [1.165, 1.54) is 19.3 Å². The zero-order chi connectivity index (χ0) is 13.0. The quantitative estimate of drug-likeness (QED) is 0.788. The van der Waals surface area contributed by atoms with Crippen molar-refractivity contribution < 1.29 is 4.79 Å². The third-order valence-corrected chi connectivity index (χ3v) is 4.28. The van der Waals surface area contributed by atoms with Crippen LogP contribution in [0.4, 0.5) is 0 Å². The van der Waals surface area contributed by atoms with Crippen molar-refractivity contribution in [3.8, 4) is 0 Å². The van der Waals surface area contributed by atoms with Crippen molar-refractivity contribution in [1.82, 2.24) is 15.5 Å². The van der Waals surface area contributed by atoms with E-state index in [0.29, 0.717) is 24.5 Å². The first-order valence-corrected chi connectivity index (χ1v) is 7.40. The van der Waals surface area contributed by atoms with Gasteiger partial charge in [0.15, 0.2) is 0 Å². The minimum absolute atomic E-state index is 0.211. The summed E-state index contributed by atoms with van der Waals surface area (Å²) in [5.41, 5.74) is 0. The highest BCUT2D eigenvalue weighted by atomic mass is 16.2. The largest absolute Gasteiger partial charge is 0.352 e. The number of hydrogen-bond acceptors (Lipinski definition) is 3. The summed E-state index contributed by atoms with van der Waals surface area (Å²) >= 11 is 0. The molecule has 1 saturated heterocycles. The molecule has 2 fully saturated rings. The van der Waals surface area contributed by atoms with Crippen LogP contribution >= 0.6 is 0 Å². The predicted molar refractivity (Wildman–Crippen MR) is 73.5 cm³/mol. The number of carbonyl (C=O) groups is 1. The lowest BCUT2D eigenvalue weighted by molar-refractivity contribution is -0.123. The molecule has 1 aliphatic heterocycles. The van der Waals surface area contributed by atoms with E-state index < -0.39 is 0 Å². The molecule has 2 N–H and O–H groups in total. The van der Waals surface area contributed by atoms with Crippen LogP contribution in [0.25, 0.3) is 0 Å². The first-order chi connectivity index (χ1) is 8.65. The first-order valence-electron chi connectivity index (χ1n) is 7.40. The van der Waals surface area contributed by atoms with Gasteiger partial charge in [-0.25, -0.2) is 0 Å². The van der Waals surface area contributed by atoms with E-state index in [1.807, 2.05) is 0 Å². The minimum atomic E-state index is 0.211. The highest BCUT2D eigenvalue weighted by Gasteiger charge is 2.24. The molecule has 4 heteroatoms. The molecule has 0 aromatic heterocycles. The summed E-state index contributed by atoms with van der Waals surface area (Å²) in [5, 5.41) is 6.63. The van der Waals surface area contributed by atoms with E-state index in [9.17, 15) is 4.79 Å². The molecule has 0 bridgehead atoms. The third kappa shape index (κ3) is 3.95. The van der Waals surface area contributed by atoms with Gasteiger partial charge in [-0.15, -0.1) is 0 Å². The van der Waals surface area contributed by atoms with Gasteiger partial charge in [0.2, 0.25) is 5.91 Å². The summed E-state index contributed by atoms with van der Waals surface area (Å²) < 4.78 is 0. The minimum Gasteiger partial charge on any atom is -0.352 e. The molecule has 2 rings (SSSR count). The number of nitrogens with zero attached hydrogens (tertiary/aromatic N) is 1. The van der Waals surface area contributed by atoms with Gasteiger partial charge in [0.05, 0.1) is 6.54 Å². The number of hydrogen-bond donors (Lipinski definition) is 2. The van der Waals surface area contributed by atoms with Gasteiger partial charge in [-0.2, -0.15) is 0 Å². The maximum Gasteiger partial charge on any atom is 0.234 e. The number of carbonyl (C=O) groups excluding carboxylic acids is 1. The molecule has 104 valence electrons. The second-order valence-corrected chi connectivity index (χ2v) is 6.03. The number of nitrogens with one attached hydrogen (secondary N) is 2. The molecular formula is C14H27N3O. The first kappa shape index (κ1) is 13.8. The normalized spacial score (nSPS) is 34.2. The summed E-state index contributed by atoms with van der Waals surface area (Å²) in [5.74, 6) is 0.854. The fourth-order valence-corrected chi connectivity index (χ4v) is 3.14. The van der Waals surface area contributed by atoms with Crippen molar-refractivity contribution in [3.05, 3.63) is 0 Å². The lowest BCUT2D eigenvalue weighted by Crippen LogP contribution is -2.53. The van der Waals surface area contributed by atoms with E-state index in [2.05, 4.69) is 29.4 Å². The zero-order valence-electron chi connectivity index (χ0n) is 11.7. The van der Waals surface area contributed by atoms with Crippen LogP contribution in [0.5, 0.6) is 0 Å². The Bertz CT molecular complexity index is 282. The van der Waals surface area contributed by atoms with Crippen molar-refractivity contribution in [2.45, 2.75) is 51.6 Å². The number of piperazine rings is 1. The molecular weight excluding hydrogens is 226 g/mol. The molecule has 1 amide bonds. The van der Waals surface area contributed by atoms with Gasteiger partial charge in [-0.05, 0) is 25.7 Å². The third-order valence-electron chi connectivity index (χ3n) is 4.28. The van der Waals surface area contributed by atoms with E-state index >= 15 is 0 Å². The van der Waals surface area contributed by atoms with Gasteiger partial charge in [-0.1, -0.05) is 19.8 Å². The summed E-state index contributed by atoms with van der Waals surface area (Å²) in [6, 6.07) is 0.909. The van der Waals surface area contributed by atoms with Gasteiger partial charge < -0.3 is 10.6 Å². The van der Waals surface area contributed by atoms with E-state index in [-0.39, 0.29) is 5.91 Å². The highest BCUT2D eigenvalue weighted by molar-refractivity contribution is 5.78. The standard InChI is InChI=1S/C14H27N3O/c1-11-5-3-4-6-13(11)16-14(18)10-17-8-7-15-12(2)9-17/h11-13,15H,3-10H2,1-2H3,(H,16,18)/t11?,12-,13?/m1/s1. The molecule has 2 unspecified atom stereocenters. The van der Waals surface area contributed by atoms with Crippen LogP contribution in [0.15, 0.2) is 0 Å². The van der Waals surface area contributed by atoms with Crippen molar-refractivity contribution in [1.29, 1.82) is 0 Å². The second kappa shape index (κ2) is 6.53. The summed E-state index contributed by atoms with van der Waals surface area (Å²) in [6.45, 7) is 7.96. The predicted octanol–water partition coefficient (Wildman–Crippen LogP) is 0.975. The van der Waals surface area contributed by atoms with Gasteiger partial charge in [-0.3, -0.25) is 9.69 Å². The lowest BCUT2D eigenvalue weighted by Gasteiger charge is -2.33.